The van der Waals surface area contributed by atoms with E-state index in [1.165, 1.54) is 12.6 Å². The molecule has 132 valence electrons. The summed E-state index contributed by atoms with van der Waals surface area (Å²) in [6.45, 7) is 0.435. The Kier molecular flexibility index (Phi) is 4.86. The summed E-state index contributed by atoms with van der Waals surface area (Å²) in [5.41, 5.74) is -0.574. The Hall–Kier alpha value is -1.90. The number of halogens is 5. The standard InChI is InChI=1S/C15H13Cl2F3N5/c1-24(6-2-5-16)14-9(7-21-15-22-8-23-25(14,15)17)12-10(18)3-4-11(19)13(12)20/h3-4,7-8H,2,5-6H2,1H3/q+1. The largest absolute Gasteiger partial charge is 0.383 e. The van der Waals surface area contributed by atoms with Crippen molar-refractivity contribution in [2.24, 2.45) is 15.1 Å². The molecule has 1 atom stereocenters. The number of hydrogen-bond acceptors (Lipinski definition) is 4. The predicted octanol–water partition coefficient (Wildman–Crippen LogP) is 3.70. The van der Waals surface area contributed by atoms with E-state index < -0.39 is 27.1 Å². The van der Waals surface area contributed by atoms with Gasteiger partial charge in [0.15, 0.2) is 18.0 Å². The average molecular weight is 391 g/mol. The van der Waals surface area contributed by atoms with Gasteiger partial charge in [-0.2, -0.15) is 9.98 Å². The summed E-state index contributed by atoms with van der Waals surface area (Å²) in [7, 11) is 1.67. The number of fused-ring (bicyclic) bond motifs is 1. The van der Waals surface area contributed by atoms with E-state index in [0.717, 1.165) is 12.1 Å². The monoisotopic (exact) mass is 390 g/mol. The Morgan fingerprint density at radius 1 is 1.20 bits per heavy atom. The number of benzene rings is 1. The molecule has 0 aliphatic carbocycles. The van der Waals surface area contributed by atoms with Gasteiger partial charge in [0.2, 0.25) is 11.8 Å². The highest BCUT2D eigenvalue weighted by molar-refractivity contribution is 6.23. The van der Waals surface area contributed by atoms with Gasteiger partial charge in [-0.25, -0.2) is 13.2 Å². The second-order valence-corrected chi connectivity index (χ2v) is 6.26. The summed E-state index contributed by atoms with van der Waals surface area (Å²) >= 11 is 12.3. The SMILES string of the molecule is CN(CCCCl)C1=C(c2c(F)ccc(F)c2F)C=NC2=NC=N[N+]21Cl. The van der Waals surface area contributed by atoms with Gasteiger partial charge in [0.1, 0.15) is 5.82 Å². The number of nitrogens with zero attached hydrogens (tertiary/aromatic N) is 5. The summed E-state index contributed by atoms with van der Waals surface area (Å²) < 4.78 is 41.6. The van der Waals surface area contributed by atoms with Gasteiger partial charge in [-0.05, 0) is 23.7 Å². The van der Waals surface area contributed by atoms with Crippen molar-refractivity contribution in [1.82, 2.24) is 4.90 Å². The molecule has 10 heteroatoms. The number of rotatable bonds is 5. The van der Waals surface area contributed by atoms with Crippen LogP contribution in [-0.2, 0) is 0 Å². The molecule has 0 N–H and O–H groups in total. The van der Waals surface area contributed by atoms with Crippen LogP contribution in [0.5, 0.6) is 0 Å². The van der Waals surface area contributed by atoms with Crippen LogP contribution < -0.4 is 0 Å². The molecule has 1 unspecified atom stereocenters. The molecule has 0 amide bonds. The zero-order valence-corrected chi connectivity index (χ0v) is 14.6. The van der Waals surface area contributed by atoms with E-state index in [4.69, 9.17) is 23.4 Å². The molecule has 2 aliphatic heterocycles. The van der Waals surface area contributed by atoms with E-state index in [9.17, 15) is 13.2 Å². The molecule has 0 aromatic heterocycles. The Balaban J connectivity index is 2.24. The quantitative estimate of drug-likeness (QED) is 0.429. The molecule has 3 rings (SSSR count). The lowest BCUT2D eigenvalue weighted by Crippen LogP contribution is -2.45. The molecule has 2 aliphatic rings. The van der Waals surface area contributed by atoms with Crippen molar-refractivity contribution in [3.8, 4) is 0 Å². The number of guanidine groups is 1. The Morgan fingerprint density at radius 2 is 1.92 bits per heavy atom. The molecular weight excluding hydrogens is 378 g/mol. The van der Waals surface area contributed by atoms with E-state index in [2.05, 4.69) is 15.1 Å². The predicted molar refractivity (Wildman–Crippen MR) is 91.7 cm³/mol. The van der Waals surface area contributed by atoms with Crippen LogP contribution in [0.4, 0.5) is 13.2 Å². The third-order valence-corrected chi connectivity index (χ3v) is 4.45. The van der Waals surface area contributed by atoms with E-state index >= 15 is 0 Å². The molecule has 0 saturated carbocycles. The molecule has 0 fully saturated rings. The first-order chi connectivity index (χ1) is 11.9. The van der Waals surface area contributed by atoms with Crippen molar-refractivity contribution in [1.29, 1.82) is 0 Å². The fraction of sp³-hybridized carbons (Fsp3) is 0.267. The first-order valence-corrected chi connectivity index (χ1v) is 8.18. The van der Waals surface area contributed by atoms with Crippen molar-refractivity contribution in [3.63, 3.8) is 0 Å². The van der Waals surface area contributed by atoms with E-state index in [0.29, 0.717) is 18.8 Å². The third kappa shape index (κ3) is 2.94. The van der Waals surface area contributed by atoms with E-state index in [1.54, 1.807) is 11.9 Å². The smallest absolute Gasteiger partial charge is 0.327 e. The van der Waals surface area contributed by atoms with Crippen LogP contribution in [0, 0.1) is 17.5 Å². The van der Waals surface area contributed by atoms with Crippen LogP contribution in [0.1, 0.15) is 12.0 Å². The molecular formula is C15H13Cl2F3N5+. The lowest BCUT2D eigenvalue weighted by atomic mass is 10.0. The fourth-order valence-corrected chi connectivity index (χ4v) is 3.13. The summed E-state index contributed by atoms with van der Waals surface area (Å²) in [5.74, 6) is -2.72. The third-order valence-electron chi connectivity index (χ3n) is 3.78. The van der Waals surface area contributed by atoms with Gasteiger partial charge >= 0.3 is 5.96 Å². The summed E-state index contributed by atoms with van der Waals surface area (Å²) in [4.78, 5) is 9.62. The van der Waals surface area contributed by atoms with Crippen molar-refractivity contribution in [2.45, 2.75) is 6.42 Å². The lowest BCUT2D eigenvalue weighted by Gasteiger charge is -2.30. The second-order valence-electron chi connectivity index (χ2n) is 5.39. The zero-order chi connectivity index (χ0) is 18.2. The van der Waals surface area contributed by atoms with Crippen molar-refractivity contribution in [3.05, 3.63) is 41.0 Å². The van der Waals surface area contributed by atoms with Gasteiger partial charge in [-0.3, -0.25) is 0 Å². The highest BCUT2D eigenvalue weighted by Gasteiger charge is 2.50. The maximum Gasteiger partial charge on any atom is 0.383 e. The highest BCUT2D eigenvalue weighted by atomic mass is 35.5. The Labute approximate surface area is 152 Å². The zero-order valence-electron chi connectivity index (χ0n) is 13.1. The molecule has 1 aromatic carbocycles. The van der Waals surface area contributed by atoms with Gasteiger partial charge in [-0.1, -0.05) is 0 Å². The number of alkyl halides is 1. The topological polar surface area (TPSA) is 40.3 Å². The van der Waals surface area contributed by atoms with Gasteiger partial charge in [0.25, 0.3) is 5.82 Å². The van der Waals surface area contributed by atoms with Crippen molar-refractivity contribution in [2.75, 3.05) is 19.5 Å². The van der Waals surface area contributed by atoms with Crippen LogP contribution >= 0.6 is 23.4 Å². The number of quaternary nitrogens is 1. The van der Waals surface area contributed by atoms with Gasteiger partial charge in [0, 0.05) is 23.6 Å². The molecule has 25 heavy (non-hydrogen) atoms. The Bertz CT molecular complexity index is 837. The van der Waals surface area contributed by atoms with Crippen LogP contribution in [0.15, 0.2) is 33.0 Å². The minimum Gasteiger partial charge on any atom is -0.327 e. The van der Waals surface area contributed by atoms with E-state index in [-0.39, 0.29) is 17.4 Å². The number of aliphatic imine (C=N–C) groups is 2. The summed E-state index contributed by atoms with van der Waals surface area (Å²) in [6, 6.07) is 1.57. The van der Waals surface area contributed by atoms with E-state index in [1.807, 2.05) is 0 Å². The molecule has 2 heterocycles. The second kappa shape index (κ2) is 6.78. The molecule has 0 radical (unpaired) electrons. The molecule has 0 saturated heterocycles. The van der Waals surface area contributed by atoms with Gasteiger partial charge in [0.05, 0.1) is 17.4 Å². The van der Waals surface area contributed by atoms with Crippen LogP contribution in [0.3, 0.4) is 0 Å². The van der Waals surface area contributed by atoms with Crippen molar-refractivity contribution >= 4 is 47.5 Å². The van der Waals surface area contributed by atoms with Crippen molar-refractivity contribution < 1.29 is 17.3 Å². The van der Waals surface area contributed by atoms with Crippen LogP contribution in [0.25, 0.3) is 5.57 Å². The molecule has 0 spiro atoms. The highest BCUT2D eigenvalue weighted by Crippen LogP contribution is 2.39. The normalized spacial score (nSPS) is 21.6. The van der Waals surface area contributed by atoms with Gasteiger partial charge in [-0.15, -0.1) is 11.6 Å². The molecule has 1 aromatic rings. The van der Waals surface area contributed by atoms with Crippen LogP contribution in [-0.4, -0.2) is 47.0 Å². The minimum absolute atomic E-state index is 0.0143. The number of hydrogen-bond donors (Lipinski definition) is 0. The summed E-state index contributed by atoms with van der Waals surface area (Å²) in [5, 5.41) is 4.05. The minimum atomic E-state index is -1.32. The maximum atomic E-state index is 14.3. The molecule has 5 nitrogen and oxygen atoms in total. The van der Waals surface area contributed by atoms with Crippen LogP contribution in [0.2, 0.25) is 0 Å². The number of allylic oxidation sites excluding steroid dienone is 1. The first kappa shape index (κ1) is 17.9. The van der Waals surface area contributed by atoms with Gasteiger partial charge < -0.3 is 4.90 Å². The lowest BCUT2D eigenvalue weighted by molar-refractivity contribution is -0.691. The Morgan fingerprint density at radius 3 is 2.64 bits per heavy atom. The average Bonchev–Trinajstić information content (AvgIpc) is 2.97. The first-order valence-electron chi connectivity index (χ1n) is 7.31. The fourth-order valence-electron chi connectivity index (χ4n) is 2.66. The summed E-state index contributed by atoms with van der Waals surface area (Å²) in [6.07, 6.45) is 3.00. The maximum absolute atomic E-state index is 14.3. The molecule has 0 bridgehead atoms.